The molecule has 0 aromatic carbocycles. The fraction of sp³-hybridized carbons (Fsp3) is 0.947. The number of nitrogens with one attached hydrogen (secondary N) is 1. The normalized spacial score (nSPS) is 27.0. The van der Waals surface area contributed by atoms with Gasteiger partial charge in [-0.25, -0.2) is 0 Å². The number of piperidine rings is 2. The maximum absolute atomic E-state index is 5.01. The lowest BCUT2D eigenvalue weighted by atomic mass is 9.92. The van der Waals surface area contributed by atoms with E-state index in [1.54, 1.807) is 0 Å². The van der Waals surface area contributed by atoms with Gasteiger partial charge in [0.1, 0.15) is 0 Å². The number of rotatable bonds is 5. The van der Waals surface area contributed by atoms with E-state index in [-0.39, 0.29) is 24.0 Å². The van der Waals surface area contributed by atoms with Gasteiger partial charge in [0.15, 0.2) is 5.96 Å². The van der Waals surface area contributed by atoms with Gasteiger partial charge in [-0.1, -0.05) is 20.8 Å². The second-order valence-corrected chi connectivity index (χ2v) is 7.83. The van der Waals surface area contributed by atoms with E-state index in [4.69, 9.17) is 4.99 Å². The summed E-state index contributed by atoms with van der Waals surface area (Å²) in [6, 6.07) is 0. The number of hydrogen-bond acceptors (Lipinski definition) is 2. The largest absolute Gasteiger partial charge is 0.357 e. The Bertz CT molecular complexity index is 356. The molecule has 0 aromatic heterocycles. The molecule has 0 amide bonds. The average Bonchev–Trinajstić information content (AvgIpc) is 2.52. The molecule has 2 fully saturated rings. The Labute approximate surface area is 166 Å². The van der Waals surface area contributed by atoms with Gasteiger partial charge in [0.05, 0.1) is 0 Å². The zero-order valence-electron chi connectivity index (χ0n) is 16.3. The van der Waals surface area contributed by atoms with Crippen LogP contribution in [0.15, 0.2) is 4.99 Å². The molecule has 4 nitrogen and oxygen atoms in total. The van der Waals surface area contributed by atoms with Crippen LogP contribution < -0.4 is 5.32 Å². The van der Waals surface area contributed by atoms with E-state index in [2.05, 4.69) is 42.8 Å². The summed E-state index contributed by atoms with van der Waals surface area (Å²) in [4.78, 5) is 10.1. The smallest absolute Gasteiger partial charge is 0.193 e. The molecule has 24 heavy (non-hydrogen) atoms. The van der Waals surface area contributed by atoms with Gasteiger partial charge >= 0.3 is 0 Å². The first-order valence-electron chi connectivity index (χ1n) is 9.87. The number of hydrogen-bond donors (Lipinski definition) is 1. The van der Waals surface area contributed by atoms with Gasteiger partial charge in [0.25, 0.3) is 0 Å². The number of aliphatic imine (C=N–C) groups is 1. The molecule has 0 aliphatic carbocycles. The first-order valence-corrected chi connectivity index (χ1v) is 9.87. The van der Waals surface area contributed by atoms with Crippen LogP contribution >= 0.6 is 24.0 Å². The minimum Gasteiger partial charge on any atom is -0.357 e. The molecule has 2 heterocycles. The molecule has 0 bridgehead atoms. The Morgan fingerprint density at radius 3 is 2.25 bits per heavy atom. The Morgan fingerprint density at radius 1 is 1.08 bits per heavy atom. The summed E-state index contributed by atoms with van der Waals surface area (Å²) in [5.74, 6) is 3.48. The molecule has 0 spiro atoms. The van der Waals surface area contributed by atoms with Crippen molar-refractivity contribution in [2.24, 2.45) is 22.7 Å². The summed E-state index contributed by atoms with van der Waals surface area (Å²) in [6.45, 7) is 17.3. The fourth-order valence-corrected chi connectivity index (χ4v) is 4.19. The lowest BCUT2D eigenvalue weighted by Crippen LogP contribution is -2.48. The summed E-state index contributed by atoms with van der Waals surface area (Å²) < 4.78 is 0. The van der Waals surface area contributed by atoms with E-state index in [0.717, 1.165) is 49.9 Å². The molecule has 2 unspecified atom stereocenters. The van der Waals surface area contributed by atoms with Crippen molar-refractivity contribution in [2.45, 2.75) is 53.4 Å². The van der Waals surface area contributed by atoms with E-state index >= 15 is 0 Å². The standard InChI is InChI=1S/C19H38N4.HI/c1-5-9-22-10-7-18(8-11-22)13-21-19(20-6-2)23-14-16(3)12-17(4)15-23;/h16-18H,5-15H2,1-4H3,(H,20,21);1H. The Kier molecular flexibility index (Phi) is 10.6. The van der Waals surface area contributed by atoms with Crippen molar-refractivity contribution in [2.75, 3.05) is 45.8 Å². The number of likely N-dealkylation sites (tertiary alicyclic amines) is 2. The van der Waals surface area contributed by atoms with Gasteiger partial charge in [-0.05, 0) is 70.0 Å². The van der Waals surface area contributed by atoms with Crippen molar-refractivity contribution in [3.8, 4) is 0 Å². The third kappa shape index (κ3) is 7.06. The van der Waals surface area contributed by atoms with Crippen LogP contribution in [0.25, 0.3) is 0 Å². The zero-order valence-corrected chi connectivity index (χ0v) is 18.6. The topological polar surface area (TPSA) is 30.9 Å². The average molecular weight is 450 g/mol. The van der Waals surface area contributed by atoms with Crippen molar-refractivity contribution in [1.29, 1.82) is 0 Å². The van der Waals surface area contributed by atoms with Crippen LogP contribution in [0, 0.1) is 17.8 Å². The predicted molar refractivity (Wildman–Crippen MR) is 115 cm³/mol. The molecule has 1 N–H and O–H groups in total. The van der Waals surface area contributed by atoms with Crippen molar-refractivity contribution in [3.63, 3.8) is 0 Å². The van der Waals surface area contributed by atoms with E-state index in [1.165, 1.54) is 45.3 Å². The van der Waals surface area contributed by atoms with E-state index in [0.29, 0.717) is 0 Å². The van der Waals surface area contributed by atoms with Crippen molar-refractivity contribution in [1.82, 2.24) is 15.1 Å². The fourth-order valence-electron chi connectivity index (χ4n) is 4.19. The minimum atomic E-state index is 0. The van der Waals surface area contributed by atoms with Gasteiger partial charge in [-0.2, -0.15) is 0 Å². The van der Waals surface area contributed by atoms with E-state index in [9.17, 15) is 0 Å². The SMILES string of the molecule is CCCN1CCC(CN=C(NCC)N2CC(C)CC(C)C2)CC1.I. The van der Waals surface area contributed by atoms with E-state index in [1.807, 2.05) is 0 Å². The minimum absolute atomic E-state index is 0. The summed E-state index contributed by atoms with van der Waals surface area (Å²) in [7, 11) is 0. The third-order valence-corrected chi connectivity index (χ3v) is 5.25. The maximum Gasteiger partial charge on any atom is 0.193 e. The molecular weight excluding hydrogens is 411 g/mol. The van der Waals surface area contributed by atoms with Crippen molar-refractivity contribution in [3.05, 3.63) is 0 Å². The summed E-state index contributed by atoms with van der Waals surface area (Å²) >= 11 is 0. The Morgan fingerprint density at radius 2 is 1.71 bits per heavy atom. The highest BCUT2D eigenvalue weighted by molar-refractivity contribution is 14.0. The highest BCUT2D eigenvalue weighted by Crippen LogP contribution is 2.22. The van der Waals surface area contributed by atoms with Gasteiger partial charge in [-0.15, -0.1) is 24.0 Å². The number of halogens is 1. The molecule has 2 rings (SSSR count). The molecular formula is C19H39IN4. The predicted octanol–water partition coefficient (Wildman–Crippen LogP) is 3.67. The van der Waals surface area contributed by atoms with Gasteiger partial charge in [0, 0.05) is 26.2 Å². The molecule has 5 heteroatoms. The lowest BCUT2D eigenvalue weighted by molar-refractivity contribution is 0.186. The van der Waals surface area contributed by atoms with Crippen LogP contribution in [0.1, 0.15) is 53.4 Å². The molecule has 2 saturated heterocycles. The summed E-state index contributed by atoms with van der Waals surface area (Å²) in [5.41, 5.74) is 0. The highest BCUT2D eigenvalue weighted by atomic mass is 127. The molecule has 2 aliphatic rings. The Hall–Kier alpha value is -0.0400. The quantitative estimate of drug-likeness (QED) is 0.394. The molecule has 0 aromatic rings. The van der Waals surface area contributed by atoms with Crippen LogP contribution in [0.4, 0.5) is 0 Å². The molecule has 2 atom stereocenters. The summed E-state index contributed by atoms with van der Waals surface area (Å²) in [6.07, 6.45) is 5.26. The first kappa shape index (κ1) is 22.0. The van der Waals surface area contributed by atoms with Gasteiger partial charge in [-0.3, -0.25) is 4.99 Å². The van der Waals surface area contributed by atoms with Crippen LogP contribution in [-0.2, 0) is 0 Å². The summed E-state index contributed by atoms with van der Waals surface area (Å²) in [5, 5.41) is 3.53. The molecule has 0 radical (unpaired) electrons. The second kappa shape index (κ2) is 11.6. The van der Waals surface area contributed by atoms with Crippen LogP contribution in [-0.4, -0.2) is 61.6 Å². The third-order valence-electron chi connectivity index (χ3n) is 5.25. The molecule has 142 valence electrons. The highest BCUT2D eigenvalue weighted by Gasteiger charge is 2.24. The first-order chi connectivity index (χ1) is 11.1. The monoisotopic (exact) mass is 450 g/mol. The maximum atomic E-state index is 5.01. The van der Waals surface area contributed by atoms with E-state index < -0.39 is 0 Å². The van der Waals surface area contributed by atoms with Gasteiger partial charge < -0.3 is 15.1 Å². The second-order valence-electron chi connectivity index (χ2n) is 7.83. The van der Waals surface area contributed by atoms with Crippen LogP contribution in [0.2, 0.25) is 0 Å². The molecule has 0 saturated carbocycles. The molecule has 2 aliphatic heterocycles. The number of nitrogens with zero attached hydrogens (tertiary/aromatic N) is 3. The van der Waals surface area contributed by atoms with Crippen molar-refractivity contribution < 1.29 is 0 Å². The zero-order chi connectivity index (χ0) is 16.7. The van der Waals surface area contributed by atoms with Crippen LogP contribution in [0.3, 0.4) is 0 Å². The lowest BCUT2D eigenvalue weighted by Gasteiger charge is -2.37. The Balaban J connectivity index is 0.00000288. The van der Waals surface area contributed by atoms with Gasteiger partial charge in [0.2, 0.25) is 0 Å². The van der Waals surface area contributed by atoms with Crippen molar-refractivity contribution >= 4 is 29.9 Å². The van der Waals surface area contributed by atoms with Crippen LogP contribution in [0.5, 0.6) is 0 Å². The number of guanidine groups is 1.